The number of aldehydes is 1. The van der Waals surface area contributed by atoms with Gasteiger partial charge in [0.25, 0.3) is 0 Å². The Morgan fingerprint density at radius 3 is 1.59 bits per heavy atom. The molecule has 0 atom stereocenters. The molecule has 3 aromatic heterocycles. The van der Waals surface area contributed by atoms with Crippen LogP contribution in [0.25, 0.3) is 32.3 Å². The molecule has 0 aliphatic rings. The molecule has 0 N–H and O–H groups in total. The summed E-state index contributed by atoms with van der Waals surface area (Å²) in [6.07, 6.45) is 11.7. The average Bonchev–Trinajstić information content (AvgIpc) is 2.94. The molecule has 0 unspecified atom stereocenters. The maximum atomic E-state index is 10.5. The third-order valence-electron chi connectivity index (χ3n) is 5.73. The maximum Gasteiger partial charge on any atom is 0.150 e. The molecule has 0 saturated carbocycles. The van der Waals surface area contributed by atoms with E-state index in [-0.39, 0.29) is 3.74 Å². The van der Waals surface area contributed by atoms with Crippen molar-refractivity contribution in [1.82, 2.24) is 15.0 Å². The first-order valence-electron chi connectivity index (χ1n) is 11.6. The maximum absolute atomic E-state index is 10.5. The second-order valence-electron chi connectivity index (χ2n) is 8.47. The Morgan fingerprint density at radius 2 is 1.08 bits per heavy atom. The highest BCUT2D eigenvalue weighted by Crippen LogP contribution is 2.33. The summed E-state index contributed by atoms with van der Waals surface area (Å²) in [7, 11) is 0. The molecular weight excluding hydrogens is 818 g/mol. The fourth-order valence-corrected chi connectivity index (χ4v) is 5.70. The van der Waals surface area contributed by atoms with Crippen LogP contribution in [-0.4, -0.2) is 21.2 Å². The number of aromatic nitrogens is 3. The number of rotatable bonds is 2. The molecule has 6 rings (SSSR count). The minimum absolute atomic E-state index is 0.194. The molecule has 4 nitrogen and oxygen atoms in total. The normalized spacial score (nSPS) is 10.6. The number of hydrogen-bond donors (Lipinski definition) is 0. The molecule has 0 aliphatic carbocycles. The number of fused-ring (bicyclic) bond motifs is 3. The van der Waals surface area contributed by atoms with Crippen LogP contribution in [0, 0.1) is 6.92 Å². The second kappa shape index (κ2) is 14.0. The lowest BCUT2D eigenvalue weighted by molar-refractivity contribution is 0.112. The number of carbonyl (C=O) groups excluding carboxylic acids is 1. The molecule has 0 amide bonds. The van der Waals surface area contributed by atoms with Gasteiger partial charge in [-0.25, -0.2) is 0 Å². The number of carbonyl (C=O) groups is 1. The van der Waals surface area contributed by atoms with E-state index in [1.165, 1.54) is 27.3 Å². The molecule has 0 fully saturated rings. The van der Waals surface area contributed by atoms with Gasteiger partial charge in [-0.05, 0) is 88.6 Å². The van der Waals surface area contributed by atoms with E-state index in [2.05, 4.69) is 138 Å². The summed E-state index contributed by atoms with van der Waals surface area (Å²) < 4.78 is 3.19. The van der Waals surface area contributed by atoms with Gasteiger partial charge in [-0.1, -0.05) is 79.9 Å². The highest BCUT2D eigenvalue weighted by Gasteiger charge is 2.05. The molecule has 6 aromatic rings. The van der Waals surface area contributed by atoms with E-state index in [0.29, 0.717) is 5.56 Å². The molecular formula is C30H20Br5N3O. The predicted molar refractivity (Wildman–Crippen MR) is 179 cm³/mol. The summed E-state index contributed by atoms with van der Waals surface area (Å²) in [6.45, 7) is 2.09. The van der Waals surface area contributed by atoms with Crippen molar-refractivity contribution in [3.05, 3.63) is 122 Å². The Bertz CT molecular complexity index is 1780. The molecule has 3 heterocycles. The SMILES string of the molecule is Brc1cncc2ccc(C(Br)Br)cc12.Cc1ccc2cncc(Br)c2c1.O=Cc1ccc2cncc(Br)c2c1. The third-order valence-corrected chi connectivity index (χ3v) is 8.68. The molecule has 196 valence electrons. The average molecular weight is 838 g/mol. The van der Waals surface area contributed by atoms with Gasteiger partial charge in [-0.15, -0.1) is 0 Å². The molecule has 0 radical (unpaired) electrons. The van der Waals surface area contributed by atoms with Gasteiger partial charge in [0.2, 0.25) is 0 Å². The van der Waals surface area contributed by atoms with Crippen molar-refractivity contribution in [3.63, 3.8) is 0 Å². The van der Waals surface area contributed by atoms with Crippen LogP contribution in [0.4, 0.5) is 0 Å². The van der Waals surface area contributed by atoms with Crippen LogP contribution >= 0.6 is 79.6 Å². The Balaban J connectivity index is 0.000000136. The first-order valence-corrected chi connectivity index (χ1v) is 15.8. The standard InChI is InChI=1S/C10H6Br3N.C10H6BrNO.C10H8BrN/c11-9-5-14-4-7-2-1-6(10(12)13)3-8(7)9;11-10-5-12-4-8-2-1-7(6-13)3-9(8)10;1-7-2-3-8-5-12-6-10(11)9(8)4-7/h1-5,10H;1-6H;2-6H,1H3. The molecule has 39 heavy (non-hydrogen) atoms. The van der Waals surface area contributed by atoms with Crippen molar-refractivity contribution in [2.75, 3.05) is 0 Å². The van der Waals surface area contributed by atoms with E-state index in [4.69, 9.17) is 0 Å². The zero-order valence-electron chi connectivity index (χ0n) is 20.5. The monoisotopic (exact) mass is 833 g/mol. The van der Waals surface area contributed by atoms with E-state index >= 15 is 0 Å². The van der Waals surface area contributed by atoms with Gasteiger partial charge in [0.15, 0.2) is 0 Å². The number of nitrogens with zero attached hydrogens (tertiary/aromatic N) is 3. The van der Waals surface area contributed by atoms with Crippen LogP contribution in [0.15, 0.2) is 105 Å². The Labute approximate surface area is 268 Å². The highest BCUT2D eigenvalue weighted by molar-refractivity contribution is 9.24. The van der Waals surface area contributed by atoms with E-state index in [9.17, 15) is 4.79 Å². The van der Waals surface area contributed by atoms with Crippen LogP contribution in [0.1, 0.15) is 25.2 Å². The third kappa shape index (κ3) is 7.79. The van der Waals surface area contributed by atoms with Crippen molar-refractivity contribution in [3.8, 4) is 0 Å². The quantitative estimate of drug-likeness (QED) is 0.129. The Kier molecular flexibility index (Phi) is 10.8. The van der Waals surface area contributed by atoms with Crippen LogP contribution < -0.4 is 0 Å². The van der Waals surface area contributed by atoms with Gasteiger partial charge < -0.3 is 0 Å². The van der Waals surface area contributed by atoms with Crippen LogP contribution in [0.2, 0.25) is 0 Å². The predicted octanol–water partition coefficient (Wildman–Crippen LogP) is 10.9. The zero-order valence-corrected chi connectivity index (χ0v) is 28.4. The molecule has 3 aromatic carbocycles. The number of pyridine rings is 3. The van der Waals surface area contributed by atoms with Crippen molar-refractivity contribution in [2.45, 2.75) is 10.7 Å². The lowest BCUT2D eigenvalue weighted by atomic mass is 10.1. The summed E-state index contributed by atoms with van der Waals surface area (Å²) in [4.78, 5) is 22.8. The van der Waals surface area contributed by atoms with Crippen LogP contribution in [0.3, 0.4) is 0 Å². The van der Waals surface area contributed by atoms with Crippen molar-refractivity contribution < 1.29 is 4.79 Å². The lowest BCUT2D eigenvalue weighted by Gasteiger charge is -2.05. The molecule has 0 bridgehead atoms. The van der Waals surface area contributed by atoms with E-state index in [1.807, 2.05) is 36.9 Å². The van der Waals surface area contributed by atoms with Crippen molar-refractivity contribution in [2.24, 2.45) is 0 Å². The summed E-state index contributed by atoms with van der Waals surface area (Å²) in [6, 6.07) is 18.1. The molecule has 0 spiro atoms. The van der Waals surface area contributed by atoms with E-state index < -0.39 is 0 Å². The smallest absolute Gasteiger partial charge is 0.150 e. The minimum atomic E-state index is 0.194. The Hall–Kier alpha value is -2.04. The number of benzene rings is 3. The molecule has 9 heteroatoms. The van der Waals surface area contributed by atoms with Crippen molar-refractivity contribution in [1.29, 1.82) is 0 Å². The second-order valence-corrected chi connectivity index (χ2v) is 14.1. The van der Waals surface area contributed by atoms with Crippen LogP contribution in [-0.2, 0) is 0 Å². The molecule has 0 aliphatic heterocycles. The summed E-state index contributed by atoms with van der Waals surface area (Å²) in [5.41, 5.74) is 3.15. The largest absolute Gasteiger partial charge is 0.298 e. The van der Waals surface area contributed by atoms with Gasteiger partial charge in [0.05, 0.1) is 3.74 Å². The summed E-state index contributed by atoms with van der Waals surface area (Å²) >= 11 is 17.3. The van der Waals surface area contributed by atoms with Crippen LogP contribution in [0.5, 0.6) is 0 Å². The minimum Gasteiger partial charge on any atom is -0.298 e. The lowest BCUT2D eigenvalue weighted by Crippen LogP contribution is -1.83. The number of alkyl halides is 2. The fourth-order valence-electron chi connectivity index (χ4n) is 3.74. The number of hydrogen-bond acceptors (Lipinski definition) is 4. The van der Waals surface area contributed by atoms with Gasteiger partial charge in [0, 0.05) is 72.3 Å². The van der Waals surface area contributed by atoms with Gasteiger partial charge in [0.1, 0.15) is 6.29 Å². The van der Waals surface area contributed by atoms with Gasteiger partial charge >= 0.3 is 0 Å². The first kappa shape index (κ1) is 29.9. The summed E-state index contributed by atoms with van der Waals surface area (Å²) in [5, 5.41) is 6.77. The number of aryl methyl sites for hydroxylation is 1. The summed E-state index contributed by atoms with van der Waals surface area (Å²) in [5.74, 6) is 0. The van der Waals surface area contributed by atoms with Crippen molar-refractivity contribution >= 4 is 118 Å². The van der Waals surface area contributed by atoms with Gasteiger partial charge in [-0.3, -0.25) is 19.7 Å². The fraction of sp³-hybridized carbons (Fsp3) is 0.0667. The van der Waals surface area contributed by atoms with E-state index in [1.54, 1.807) is 18.5 Å². The topological polar surface area (TPSA) is 55.7 Å². The number of halogens is 5. The molecule has 0 saturated heterocycles. The van der Waals surface area contributed by atoms with E-state index in [0.717, 1.165) is 35.9 Å². The Morgan fingerprint density at radius 1 is 0.615 bits per heavy atom. The zero-order chi connectivity index (χ0) is 27.9. The highest BCUT2D eigenvalue weighted by atomic mass is 79.9. The first-order chi connectivity index (χ1) is 18.8. The van der Waals surface area contributed by atoms with Gasteiger partial charge in [-0.2, -0.15) is 0 Å².